The van der Waals surface area contributed by atoms with Gasteiger partial charge in [-0.05, 0) is 44.0 Å². The number of aromatic nitrogens is 2. The summed E-state index contributed by atoms with van der Waals surface area (Å²) in [5.41, 5.74) is 2.94. The zero-order chi connectivity index (χ0) is 16.3. The van der Waals surface area contributed by atoms with Gasteiger partial charge in [-0.1, -0.05) is 0 Å². The zero-order valence-electron chi connectivity index (χ0n) is 13.1. The van der Waals surface area contributed by atoms with Gasteiger partial charge in [0, 0.05) is 18.1 Å². The summed E-state index contributed by atoms with van der Waals surface area (Å²) in [4.78, 5) is 31.1. The molecule has 2 heterocycles. The van der Waals surface area contributed by atoms with Crippen molar-refractivity contribution in [3.8, 4) is 0 Å². The molecule has 0 aliphatic heterocycles. The molecule has 2 aromatic rings. The number of pyridine rings is 1. The first kappa shape index (κ1) is 15.8. The molecule has 2 N–H and O–H groups in total. The highest BCUT2D eigenvalue weighted by Gasteiger charge is 2.23. The second kappa shape index (κ2) is 6.43. The van der Waals surface area contributed by atoms with Crippen LogP contribution < -0.4 is 5.32 Å². The Morgan fingerprint density at radius 3 is 2.50 bits per heavy atom. The van der Waals surface area contributed by atoms with Crippen LogP contribution in [0.2, 0.25) is 0 Å². The van der Waals surface area contributed by atoms with Gasteiger partial charge in [-0.15, -0.1) is 0 Å². The maximum atomic E-state index is 12.4. The Morgan fingerprint density at radius 2 is 1.91 bits per heavy atom. The molecule has 1 atom stereocenters. The van der Waals surface area contributed by atoms with Crippen LogP contribution in [0.3, 0.4) is 0 Å². The van der Waals surface area contributed by atoms with Crippen LogP contribution in [0.15, 0.2) is 24.5 Å². The van der Waals surface area contributed by atoms with Gasteiger partial charge >= 0.3 is 5.97 Å². The Bertz CT molecular complexity index is 692. The Labute approximate surface area is 128 Å². The van der Waals surface area contributed by atoms with Crippen LogP contribution in [0.5, 0.6) is 0 Å². The number of nitrogens with one attached hydrogen (secondary N) is 2. The van der Waals surface area contributed by atoms with Gasteiger partial charge in [0.25, 0.3) is 5.91 Å². The monoisotopic (exact) mass is 301 g/mol. The van der Waals surface area contributed by atoms with E-state index in [9.17, 15) is 9.59 Å². The molecule has 0 radical (unpaired) electrons. The smallest absolute Gasteiger partial charge is 0.339 e. The van der Waals surface area contributed by atoms with Crippen molar-refractivity contribution in [3.05, 3.63) is 52.6 Å². The van der Waals surface area contributed by atoms with Crippen molar-refractivity contribution < 1.29 is 14.3 Å². The van der Waals surface area contributed by atoms with Crippen LogP contribution in [-0.4, -0.2) is 29.0 Å². The third kappa shape index (κ3) is 3.00. The van der Waals surface area contributed by atoms with Crippen molar-refractivity contribution >= 4 is 11.9 Å². The minimum atomic E-state index is -0.451. The standard InChI is InChI=1S/C16H19N3O3/c1-9-13(16(21)22-4)11(3)18-14(9)15(20)19-10(2)12-5-7-17-8-6-12/h5-8,10,18H,1-4H3,(H,19,20). The summed E-state index contributed by atoms with van der Waals surface area (Å²) in [6.07, 6.45) is 3.36. The Balaban J connectivity index is 2.22. The molecule has 0 spiro atoms. The van der Waals surface area contributed by atoms with Gasteiger partial charge in [-0.3, -0.25) is 9.78 Å². The van der Waals surface area contributed by atoms with Gasteiger partial charge in [0.1, 0.15) is 5.69 Å². The van der Waals surface area contributed by atoms with E-state index < -0.39 is 5.97 Å². The average Bonchev–Trinajstić information content (AvgIpc) is 2.82. The lowest BCUT2D eigenvalue weighted by Crippen LogP contribution is -2.27. The van der Waals surface area contributed by atoms with Crippen molar-refractivity contribution in [3.63, 3.8) is 0 Å². The second-order valence-corrected chi connectivity index (χ2v) is 5.09. The number of methoxy groups -OCH3 is 1. The largest absolute Gasteiger partial charge is 0.465 e. The first-order valence-corrected chi connectivity index (χ1v) is 6.94. The summed E-state index contributed by atoms with van der Waals surface area (Å²) in [5.74, 6) is -0.715. The number of rotatable bonds is 4. The van der Waals surface area contributed by atoms with Crippen LogP contribution in [0.4, 0.5) is 0 Å². The van der Waals surface area contributed by atoms with Gasteiger partial charge in [0.15, 0.2) is 0 Å². The maximum Gasteiger partial charge on any atom is 0.339 e. The van der Waals surface area contributed by atoms with E-state index in [4.69, 9.17) is 4.74 Å². The number of carbonyl (C=O) groups is 2. The molecule has 1 unspecified atom stereocenters. The second-order valence-electron chi connectivity index (χ2n) is 5.09. The van der Waals surface area contributed by atoms with Gasteiger partial charge in [0.2, 0.25) is 0 Å². The predicted octanol–water partition coefficient (Wildman–Crippen LogP) is 2.30. The number of hydrogen-bond donors (Lipinski definition) is 2. The molecule has 2 aromatic heterocycles. The molecule has 6 nitrogen and oxygen atoms in total. The normalized spacial score (nSPS) is 11.8. The molecular formula is C16H19N3O3. The number of aromatic amines is 1. The molecular weight excluding hydrogens is 282 g/mol. The first-order valence-electron chi connectivity index (χ1n) is 6.94. The summed E-state index contributed by atoms with van der Waals surface area (Å²) >= 11 is 0. The highest BCUT2D eigenvalue weighted by atomic mass is 16.5. The lowest BCUT2D eigenvalue weighted by Gasteiger charge is -2.13. The van der Waals surface area contributed by atoms with E-state index in [1.54, 1.807) is 26.2 Å². The van der Waals surface area contributed by atoms with Gasteiger partial charge in [-0.25, -0.2) is 4.79 Å². The zero-order valence-corrected chi connectivity index (χ0v) is 13.1. The minimum Gasteiger partial charge on any atom is -0.465 e. The molecule has 0 saturated carbocycles. The molecule has 0 fully saturated rings. The number of amides is 1. The molecule has 22 heavy (non-hydrogen) atoms. The van der Waals surface area contributed by atoms with E-state index in [1.165, 1.54) is 7.11 Å². The SMILES string of the molecule is COC(=O)c1c(C)[nH]c(C(=O)NC(C)c2ccncc2)c1C. The van der Waals surface area contributed by atoms with Crippen molar-refractivity contribution in [2.45, 2.75) is 26.8 Å². The average molecular weight is 301 g/mol. The summed E-state index contributed by atoms with van der Waals surface area (Å²) in [6.45, 7) is 5.35. The Kier molecular flexibility index (Phi) is 4.60. The number of H-pyrrole nitrogens is 1. The lowest BCUT2D eigenvalue weighted by atomic mass is 10.1. The molecule has 1 amide bonds. The fraction of sp³-hybridized carbons (Fsp3) is 0.312. The predicted molar refractivity (Wildman–Crippen MR) is 81.7 cm³/mol. The highest BCUT2D eigenvalue weighted by Crippen LogP contribution is 2.20. The van der Waals surface area contributed by atoms with Gasteiger partial charge in [0.05, 0.1) is 18.7 Å². The molecule has 0 bridgehead atoms. The molecule has 0 aliphatic carbocycles. The molecule has 6 heteroatoms. The van der Waals surface area contributed by atoms with E-state index in [-0.39, 0.29) is 11.9 Å². The summed E-state index contributed by atoms with van der Waals surface area (Å²) in [7, 11) is 1.32. The number of nitrogens with zero attached hydrogens (tertiary/aromatic N) is 1. The topological polar surface area (TPSA) is 84.1 Å². The number of hydrogen-bond acceptors (Lipinski definition) is 4. The first-order chi connectivity index (χ1) is 10.5. The van der Waals surface area contributed by atoms with Crippen molar-refractivity contribution in [1.82, 2.24) is 15.3 Å². The quantitative estimate of drug-likeness (QED) is 0.849. The number of esters is 1. The molecule has 0 aliphatic rings. The van der Waals surface area contributed by atoms with Crippen molar-refractivity contribution in [2.24, 2.45) is 0 Å². The molecule has 2 rings (SSSR count). The number of ether oxygens (including phenoxy) is 1. The van der Waals surface area contributed by atoms with E-state index in [0.717, 1.165) is 5.56 Å². The van der Waals surface area contributed by atoms with E-state index in [0.29, 0.717) is 22.5 Å². The third-order valence-corrected chi connectivity index (χ3v) is 3.61. The fourth-order valence-corrected chi connectivity index (χ4v) is 2.39. The lowest BCUT2D eigenvalue weighted by molar-refractivity contribution is 0.0599. The summed E-state index contributed by atoms with van der Waals surface area (Å²) in [5, 5.41) is 2.90. The fourth-order valence-electron chi connectivity index (χ4n) is 2.39. The van der Waals surface area contributed by atoms with Crippen LogP contribution in [-0.2, 0) is 4.74 Å². The Morgan fingerprint density at radius 1 is 1.27 bits per heavy atom. The van der Waals surface area contributed by atoms with Crippen LogP contribution in [0.25, 0.3) is 0 Å². The van der Waals surface area contributed by atoms with E-state index in [1.807, 2.05) is 19.1 Å². The van der Waals surface area contributed by atoms with Crippen LogP contribution >= 0.6 is 0 Å². The van der Waals surface area contributed by atoms with Gasteiger partial charge < -0.3 is 15.0 Å². The maximum absolute atomic E-state index is 12.4. The van der Waals surface area contributed by atoms with Gasteiger partial charge in [-0.2, -0.15) is 0 Å². The van der Waals surface area contributed by atoms with Crippen LogP contribution in [0.1, 0.15) is 50.6 Å². The number of carbonyl (C=O) groups excluding carboxylic acids is 2. The van der Waals surface area contributed by atoms with Crippen molar-refractivity contribution in [1.29, 1.82) is 0 Å². The van der Waals surface area contributed by atoms with Crippen LogP contribution in [0, 0.1) is 13.8 Å². The molecule has 0 saturated heterocycles. The summed E-state index contributed by atoms with van der Waals surface area (Å²) < 4.78 is 4.74. The number of aryl methyl sites for hydroxylation is 1. The van der Waals surface area contributed by atoms with E-state index >= 15 is 0 Å². The van der Waals surface area contributed by atoms with Crippen molar-refractivity contribution in [2.75, 3.05) is 7.11 Å². The minimum absolute atomic E-state index is 0.167. The Hall–Kier alpha value is -2.63. The molecule has 0 aromatic carbocycles. The summed E-state index contributed by atoms with van der Waals surface area (Å²) in [6, 6.07) is 3.52. The highest BCUT2D eigenvalue weighted by molar-refractivity contribution is 6.00. The third-order valence-electron chi connectivity index (χ3n) is 3.61. The van der Waals surface area contributed by atoms with E-state index in [2.05, 4.69) is 15.3 Å². The molecule has 116 valence electrons.